The highest BCUT2D eigenvalue weighted by atomic mass is 32.2. The summed E-state index contributed by atoms with van der Waals surface area (Å²) in [5.74, 6) is -0.0316. The largest absolute Gasteiger partial charge is 0.395 e. The van der Waals surface area contributed by atoms with Gasteiger partial charge < -0.3 is 14.8 Å². The average molecular weight is 421 g/mol. The van der Waals surface area contributed by atoms with E-state index >= 15 is 0 Å². The van der Waals surface area contributed by atoms with Crippen molar-refractivity contribution in [3.05, 3.63) is 60.7 Å². The first-order chi connectivity index (χ1) is 13.1. The van der Waals surface area contributed by atoms with Crippen molar-refractivity contribution in [2.75, 3.05) is 6.61 Å². The Morgan fingerprint density at radius 1 is 0.929 bits per heavy atom. The van der Waals surface area contributed by atoms with Gasteiger partial charge in [0.25, 0.3) is 0 Å². The van der Waals surface area contributed by atoms with Crippen LogP contribution >= 0.6 is 18.9 Å². The van der Waals surface area contributed by atoms with E-state index in [0.717, 1.165) is 10.6 Å². The predicted molar refractivity (Wildman–Crippen MR) is 123 cm³/mol. The first-order valence-electron chi connectivity index (χ1n) is 9.79. The molecule has 2 aromatic rings. The Balaban J connectivity index is 2.62. The molecule has 0 heterocycles. The third kappa shape index (κ3) is 5.30. The quantitative estimate of drug-likeness (QED) is 0.626. The van der Waals surface area contributed by atoms with Crippen molar-refractivity contribution < 1.29 is 14.8 Å². The molecule has 28 heavy (non-hydrogen) atoms. The molecule has 5 heteroatoms. The van der Waals surface area contributed by atoms with Crippen molar-refractivity contribution in [1.82, 2.24) is 0 Å². The maximum Gasteiger partial charge on any atom is 0.149 e. The third-order valence-electron chi connectivity index (χ3n) is 4.80. The highest BCUT2D eigenvalue weighted by Crippen LogP contribution is 2.54. The van der Waals surface area contributed by atoms with Crippen LogP contribution in [0.1, 0.15) is 34.6 Å². The van der Waals surface area contributed by atoms with Crippen LogP contribution in [0.2, 0.25) is 0 Å². The first kappa shape index (κ1) is 23.2. The van der Waals surface area contributed by atoms with E-state index < -0.39 is 24.2 Å². The molecule has 0 spiro atoms. The van der Waals surface area contributed by atoms with Crippen LogP contribution in [0.4, 0.5) is 0 Å². The van der Waals surface area contributed by atoms with Crippen LogP contribution < -0.4 is 10.6 Å². The van der Waals surface area contributed by atoms with Gasteiger partial charge >= 0.3 is 0 Å². The van der Waals surface area contributed by atoms with Crippen LogP contribution in [-0.2, 0) is 4.57 Å². The third-order valence-corrected chi connectivity index (χ3v) is 10.1. The van der Waals surface area contributed by atoms with Crippen molar-refractivity contribution in [3.63, 3.8) is 0 Å². The Bertz CT molecular complexity index is 728. The second-order valence-electron chi connectivity index (χ2n) is 8.51. The molecule has 0 aliphatic heterocycles. The van der Waals surface area contributed by atoms with Crippen LogP contribution in [0.5, 0.6) is 0 Å². The van der Waals surface area contributed by atoms with Gasteiger partial charge in [0.15, 0.2) is 0 Å². The minimum absolute atomic E-state index is 0.0316. The van der Waals surface area contributed by atoms with Crippen molar-refractivity contribution in [2.24, 2.45) is 5.92 Å². The number of hydrogen-bond donors (Lipinski definition) is 2. The smallest absolute Gasteiger partial charge is 0.149 e. The Kier molecular flexibility index (Phi) is 7.98. The molecule has 0 aliphatic rings. The summed E-state index contributed by atoms with van der Waals surface area (Å²) in [4.78, 5) is 0. The maximum atomic E-state index is 14.7. The molecule has 0 aliphatic carbocycles. The summed E-state index contributed by atoms with van der Waals surface area (Å²) >= 11 is 1.54. The van der Waals surface area contributed by atoms with Gasteiger partial charge in [-0.2, -0.15) is 0 Å². The van der Waals surface area contributed by atoms with Crippen molar-refractivity contribution >= 4 is 29.5 Å². The monoisotopic (exact) mass is 420 g/mol. The lowest BCUT2D eigenvalue weighted by atomic mass is 10.0. The van der Waals surface area contributed by atoms with Crippen LogP contribution in [0.3, 0.4) is 0 Å². The Hall–Kier alpha value is -1.06. The van der Waals surface area contributed by atoms with E-state index in [1.54, 1.807) is 11.8 Å². The Labute approximate surface area is 174 Å². The van der Waals surface area contributed by atoms with Crippen molar-refractivity contribution in [3.8, 4) is 0 Å². The minimum Gasteiger partial charge on any atom is -0.395 e. The molecule has 2 aromatic carbocycles. The second-order valence-corrected chi connectivity index (χ2v) is 13.5. The molecule has 0 saturated carbocycles. The fraction of sp³-hybridized carbons (Fsp3) is 0.478. The van der Waals surface area contributed by atoms with Gasteiger partial charge in [0.2, 0.25) is 0 Å². The molecular weight excluding hydrogens is 387 g/mol. The molecule has 3 nitrogen and oxygen atoms in total. The van der Waals surface area contributed by atoms with Gasteiger partial charge in [0, 0.05) is 21.0 Å². The molecule has 3 atom stereocenters. The van der Waals surface area contributed by atoms with E-state index in [0.29, 0.717) is 0 Å². The number of aliphatic hydroxyl groups excluding tert-OH is 2. The molecule has 154 valence electrons. The molecule has 0 radical (unpaired) electrons. The van der Waals surface area contributed by atoms with E-state index in [9.17, 15) is 14.8 Å². The van der Waals surface area contributed by atoms with Gasteiger partial charge in [0.05, 0.1) is 18.0 Å². The zero-order valence-corrected chi connectivity index (χ0v) is 19.2. The molecule has 0 bridgehead atoms. The lowest BCUT2D eigenvalue weighted by molar-refractivity contribution is 0.123. The van der Waals surface area contributed by atoms with Gasteiger partial charge in [-0.3, -0.25) is 0 Å². The van der Waals surface area contributed by atoms with E-state index in [1.807, 2.05) is 74.5 Å². The topological polar surface area (TPSA) is 57.5 Å². The number of rotatable bonds is 8. The second kappa shape index (κ2) is 9.63. The zero-order chi connectivity index (χ0) is 20.9. The van der Waals surface area contributed by atoms with Crippen LogP contribution in [0, 0.1) is 5.92 Å². The summed E-state index contributed by atoms with van der Waals surface area (Å²) in [7, 11) is -3.15. The average Bonchev–Trinajstić information content (AvgIpc) is 2.66. The van der Waals surface area contributed by atoms with E-state index in [4.69, 9.17) is 0 Å². The summed E-state index contributed by atoms with van der Waals surface area (Å²) in [5.41, 5.74) is -0.496. The summed E-state index contributed by atoms with van der Waals surface area (Å²) < 4.78 is 14.6. The fourth-order valence-electron chi connectivity index (χ4n) is 3.71. The zero-order valence-electron chi connectivity index (χ0n) is 17.4. The molecule has 0 saturated heterocycles. The van der Waals surface area contributed by atoms with E-state index in [1.165, 1.54) is 0 Å². The first-order valence-corrected chi connectivity index (χ1v) is 12.4. The number of benzene rings is 2. The molecule has 2 rings (SSSR count). The normalized spacial score (nSPS) is 16.0. The lowest BCUT2D eigenvalue weighted by Gasteiger charge is -2.39. The van der Waals surface area contributed by atoms with Gasteiger partial charge in [0.1, 0.15) is 7.14 Å². The highest BCUT2D eigenvalue weighted by Gasteiger charge is 2.45. The molecular formula is C23H33O3PS. The van der Waals surface area contributed by atoms with Gasteiger partial charge in [-0.25, -0.2) is 0 Å². The van der Waals surface area contributed by atoms with Crippen LogP contribution in [0.15, 0.2) is 60.7 Å². The van der Waals surface area contributed by atoms with Gasteiger partial charge in [-0.05, 0) is 5.92 Å². The maximum absolute atomic E-state index is 14.7. The van der Waals surface area contributed by atoms with Crippen LogP contribution in [0.25, 0.3) is 0 Å². The molecule has 0 amide bonds. The molecule has 0 unspecified atom stereocenters. The molecule has 2 N–H and O–H groups in total. The summed E-state index contributed by atoms with van der Waals surface area (Å²) in [6, 6.07) is 18.9. The Morgan fingerprint density at radius 3 is 1.68 bits per heavy atom. The fourth-order valence-corrected chi connectivity index (χ4v) is 8.81. The van der Waals surface area contributed by atoms with E-state index in [-0.39, 0.29) is 17.3 Å². The van der Waals surface area contributed by atoms with E-state index in [2.05, 4.69) is 20.8 Å². The Morgan fingerprint density at radius 2 is 1.36 bits per heavy atom. The SMILES string of the molecule is CC(C)[C@@H]([C@@H](O)[C@H](CO)SC(C)(C)C)P(=O)(c1ccccc1)c1ccccc1. The van der Waals surface area contributed by atoms with Gasteiger partial charge in [-0.15, -0.1) is 11.8 Å². The number of aliphatic hydroxyl groups is 2. The van der Waals surface area contributed by atoms with Crippen LogP contribution in [-0.4, -0.2) is 38.6 Å². The highest BCUT2D eigenvalue weighted by molar-refractivity contribution is 8.01. The predicted octanol–water partition coefficient (Wildman–Crippen LogP) is 4.28. The standard InChI is InChI=1S/C23H33O3PS/c1-17(2)22(21(25)20(16-24)28-23(3,4)5)27(26,18-12-8-6-9-13-18)19-14-10-7-11-15-19/h6-15,17,20-22,24-25H,16H2,1-5H3/t20-,21-,22-/m0/s1. The van der Waals surface area contributed by atoms with Crippen molar-refractivity contribution in [1.29, 1.82) is 0 Å². The summed E-state index contributed by atoms with van der Waals surface area (Å²) in [5, 5.41) is 22.5. The van der Waals surface area contributed by atoms with Crippen molar-refractivity contribution in [2.45, 2.75) is 56.4 Å². The lowest BCUT2D eigenvalue weighted by Crippen LogP contribution is -2.45. The summed E-state index contributed by atoms with van der Waals surface area (Å²) in [6.45, 7) is 10.0. The summed E-state index contributed by atoms with van der Waals surface area (Å²) in [6.07, 6.45) is -0.902. The number of hydrogen-bond acceptors (Lipinski definition) is 4. The minimum atomic E-state index is -3.15. The number of thioether (sulfide) groups is 1. The molecule has 0 aromatic heterocycles. The molecule has 0 fully saturated rings. The van der Waals surface area contributed by atoms with Gasteiger partial charge in [-0.1, -0.05) is 95.3 Å².